The van der Waals surface area contributed by atoms with Gasteiger partial charge in [0.2, 0.25) is 5.75 Å². The molecule has 180 valence electrons. The number of hydrazine groups is 1. The number of nitrogens with zero attached hydrogens (tertiary/aromatic N) is 2. The lowest BCUT2D eigenvalue weighted by molar-refractivity contribution is -0.116. The van der Waals surface area contributed by atoms with Crippen molar-refractivity contribution in [2.45, 2.75) is 25.2 Å². The molecule has 35 heavy (non-hydrogen) atoms. The maximum absolute atomic E-state index is 13.3. The number of rotatable bonds is 6. The van der Waals surface area contributed by atoms with Crippen molar-refractivity contribution in [2.75, 3.05) is 21.3 Å². The molecule has 1 heterocycles. The van der Waals surface area contributed by atoms with Crippen molar-refractivity contribution < 1.29 is 23.8 Å². The number of carbonyl (C=O) groups is 2. The largest absolute Gasteiger partial charge is 0.493 e. The normalized spacial score (nSPS) is 17.5. The number of nitrogens with one attached hydrogen (secondary N) is 1. The van der Waals surface area contributed by atoms with Crippen LogP contribution in [0.25, 0.3) is 0 Å². The number of ether oxygens (including phenoxy) is 3. The van der Waals surface area contributed by atoms with Crippen LogP contribution in [0.1, 0.15) is 41.1 Å². The topological polar surface area (TPSA) is 127 Å². The second-order valence-electron chi connectivity index (χ2n) is 8.08. The second kappa shape index (κ2) is 9.81. The summed E-state index contributed by atoms with van der Waals surface area (Å²) >= 11 is 0. The Morgan fingerprint density at radius 1 is 1.09 bits per heavy atom. The number of hydrogen-bond acceptors (Lipinski definition) is 8. The van der Waals surface area contributed by atoms with E-state index in [-0.39, 0.29) is 17.2 Å². The first-order valence-electron chi connectivity index (χ1n) is 11.1. The zero-order valence-corrected chi connectivity index (χ0v) is 19.8. The van der Waals surface area contributed by atoms with Crippen LogP contribution in [0.3, 0.4) is 0 Å². The van der Waals surface area contributed by atoms with E-state index in [0.29, 0.717) is 58.9 Å². The minimum atomic E-state index is -0.749. The lowest BCUT2D eigenvalue weighted by atomic mass is 9.76. The molecule has 0 spiro atoms. The van der Waals surface area contributed by atoms with Crippen LogP contribution in [0.5, 0.6) is 17.2 Å². The second-order valence-corrected chi connectivity index (χ2v) is 8.08. The highest BCUT2D eigenvalue weighted by molar-refractivity contribution is 6.00. The number of amides is 1. The molecule has 2 aromatic carbocycles. The summed E-state index contributed by atoms with van der Waals surface area (Å²) in [5.41, 5.74) is 11.4. The molecule has 1 unspecified atom stereocenters. The Morgan fingerprint density at radius 2 is 1.74 bits per heavy atom. The summed E-state index contributed by atoms with van der Waals surface area (Å²) in [6.45, 7) is 0. The van der Waals surface area contributed by atoms with E-state index in [2.05, 4.69) is 11.5 Å². The molecule has 0 fully saturated rings. The smallest absolute Gasteiger partial charge is 0.270 e. The van der Waals surface area contributed by atoms with Crippen molar-refractivity contribution >= 4 is 11.7 Å². The van der Waals surface area contributed by atoms with Crippen LogP contribution in [0.15, 0.2) is 65.1 Å². The van der Waals surface area contributed by atoms with E-state index < -0.39 is 11.8 Å². The highest BCUT2D eigenvalue weighted by Crippen LogP contribution is 2.48. The molecule has 0 saturated heterocycles. The molecule has 4 rings (SSSR count). The van der Waals surface area contributed by atoms with Crippen LogP contribution in [0, 0.1) is 11.3 Å². The zero-order valence-electron chi connectivity index (χ0n) is 19.8. The Morgan fingerprint density at radius 3 is 2.31 bits per heavy atom. The number of allylic oxidation sites excluding steroid dienone is 3. The number of ketones is 1. The molecule has 3 N–H and O–H groups in total. The van der Waals surface area contributed by atoms with Gasteiger partial charge in [0.15, 0.2) is 17.3 Å². The predicted molar refractivity (Wildman–Crippen MR) is 127 cm³/mol. The van der Waals surface area contributed by atoms with Gasteiger partial charge in [-0.2, -0.15) is 5.26 Å². The number of methoxy groups -OCH3 is 3. The summed E-state index contributed by atoms with van der Waals surface area (Å²) in [6.07, 6.45) is 1.45. The molecule has 2 aliphatic rings. The van der Waals surface area contributed by atoms with Crippen molar-refractivity contribution in [3.05, 3.63) is 76.3 Å². The highest BCUT2D eigenvalue weighted by atomic mass is 16.5. The van der Waals surface area contributed by atoms with Gasteiger partial charge in [0.25, 0.3) is 5.91 Å². The number of benzene rings is 2. The van der Waals surface area contributed by atoms with Crippen molar-refractivity contribution in [1.82, 2.24) is 10.4 Å². The van der Waals surface area contributed by atoms with Crippen LogP contribution >= 0.6 is 0 Å². The summed E-state index contributed by atoms with van der Waals surface area (Å²) in [6, 6.07) is 14.2. The van der Waals surface area contributed by atoms with Crippen LogP contribution in [0.4, 0.5) is 0 Å². The van der Waals surface area contributed by atoms with Gasteiger partial charge < -0.3 is 19.9 Å². The number of hydrogen-bond donors (Lipinski definition) is 2. The van der Waals surface area contributed by atoms with E-state index in [1.54, 1.807) is 36.4 Å². The fourth-order valence-electron chi connectivity index (χ4n) is 4.57. The zero-order chi connectivity index (χ0) is 25.1. The molecule has 1 aliphatic carbocycles. The van der Waals surface area contributed by atoms with Crippen LogP contribution in [-0.4, -0.2) is 38.0 Å². The summed E-state index contributed by atoms with van der Waals surface area (Å²) < 4.78 is 16.4. The predicted octanol–water partition coefficient (Wildman–Crippen LogP) is 3.16. The maximum atomic E-state index is 13.3. The van der Waals surface area contributed by atoms with Crippen molar-refractivity contribution in [3.8, 4) is 23.3 Å². The Hall–Kier alpha value is -4.45. The number of carbonyl (C=O) groups excluding carboxylic acids is 2. The van der Waals surface area contributed by atoms with E-state index in [0.717, 1.165) is 0 Å². The third kappa shape index (κ3) is 4.15. The van der Waals surface area contributed by atoms with Gasteiger partial charge in [-0.15, -0.1) is 0 Å². The minimum absolute atomic E-state index is 0.0592. The number of nitriles is 1. The summed E-state index contributed by atoms with van der Waals surface area (Å²) in [5, 5.41) is 11.5. The molecule has 2 aromatic rings. The Balaban J connectivity index is 1.87. The van der Waals surface area contributed by atoms with E-state index >= 15 is 0 Å². The molecule has 9 nitrogen and oxygen atoms in total. The molecular weight excluding hydrogens is 448 g/mol. The molecule has 1 atom stereocenters. The minimum Gasteiger partial charge on any atom is -0.493 e. The van der Waals surface area contributed by atoms with Gasteiger partial charge in [-0.05, 0) is 42.7 Å². The maximum Gasteiger partial charge on any atom is 0.270 e. The lowest BCUT2D eigenvalue weighted by Gasteiger charge is -2.39. The van der Waals surface area contributed by atoms with Gasteiger partial charge in [0, 0.05) is 23.3 Å². The van der Waals surface area contributed by atoms with Crippen LogP contribution < -0.4 is 25.4 Å². The fraction of sp³-hybridized carbons (Fsp3) is 0.269. The van der Waals surface area contributed by atoms with Gasteiger partial charge in [-0.1, -0.05) is 18.2 Å². The van der Waals surface area contributed by atoms with Crippen LogP contribution in [0.2, 0.25) is 0 Å². The quantitative estimate of drug-likeness (QED) is 0.654. The molecule has 0 bridgehead atoms. The fourth-order valence-corrected chi connectivity index (χ4v) is 4.57. The van der Waals surface area contributed by atoms with Gasteiger partial charge in [0.1, 0.15) is 5.82 Å². The Labute approximate surface area is 203 Å². The molecule has 1 aliphatic heterocycles. The average molecular weight is 475 g/mol. The molecule has 0 saturated carbocycles. The Kier molecular flexibility index (Phi) is 6.64. The van der Waals surface area contributed by atoms with Crippen LogP contribution in [-0.2, 0) is 4.79 Å². The SMILES string of the molecule is COc1cc(C2C(C#N)=C(N)N(NC(=O)c3ccccc3)C3=C2C(=O)CCC3)cc(OC)c1OC. The summed E-state index contributed by atoms with van der Waals surface area (Å²) in [5.74, 6) is -0.0201. The standard InChI is InChI=1S/C26H26N4O5/c1-33-20-12-16(13-21(34-2)24(20)35-3)22-17(14-27)25(28)30(18-10-7-11-19(31)23(18)22)29-26(32)15-8-5-4-6-9-15/h4-6,8-9,12-13,22H,7,10-11,28H2,1-3H3,(H,29,32). The summed E-state index contributed by atoms with van der Waals surface area (Å²) in [7, 11) is 4.49. The number of Topliss-reactive ketones (excluding diaryl/α,β-unsaturated/α-hetero) is 1. The van der Waals surface area contributed by atoms with E-state index in [1.165, 1.54) is 26.3 Å². The summed E-state index contributed by atoms with van der Waals surface area (Å²) in [4.78, 5) is 26.2. The highest BCUT2D eigenvalue weighted by Gasteiger charge is 2.41. The lowest BCUT2D eigenvalue weighted by Crippen LogP contribution is -2.48. The first-order chi connectivity index (χ1) is 16.9. The molecule has 0 radical (unpaired) electrons. The van der Waals surface area contributed by atoms with Crippen molar-refractivity contribution in [2.24, 2.45) is 5.73 Å². The Bertz CT molecular complexity index is 1250. The van der Waals surface area contributed by atoms with E-state index in [1.807, 2.05) is 6.07 Å². The average Bonchev–Trinajstić information content (AvgIpc) is 2.89. The first kappa shape index (κ1) is 23.7. The van der Waals surface area contributed by atoms with Gasteiger partial charge in [-0.3, -0.25) is 15.0 Å². The van der Waals surface area contributed by atoms with Crippen molar-refractivity contribution in [1.29, 1.82) is 5.26 Å². The first-order valence-corrected chi connectivity index (χ1v) is 11.1. The third-order valence-corrected chi connectivity index (χ3v) is 6.18. The van der Waals surface area contributed by atoms with E-state index in [9.17, 15) is 14.9 Å². The molecule has 9 heteroatoms. The van der Waals surface area contributed by atoms with Crippen molar-refractivity contribution in [3.63, 3.8) is 0 Å². The third-order valence-electron chi connectivity index (χ3n) is 6.18. The monoisotopic (exact) mass is 474 g/mol. The van der Waals surface area contributed by atoms with Gasteiger partial charge in [-0.25, -0.2) is 5.01 Å². The van der Waals surface area contributed by atoms with Gasteiger partial charge in [0.05, 0.1) is 38.9 Å². The molecule has 1 amide bonds. The van der Waals surface area contributed by atoms with E-state index in [4.69, 9.17) is 19.9 Å². The molecular formula is C26H26N4O5. The number of nitrogens with two attached hydrogens (primary N) is 1. The molecule has 0 aromatic heterocycles. The van der Waals surface area contributed by atoms with Gasteiger partial charge >= 0.3 is 0 Å².